The van der Waals surface area contributed by atoms with E-state index in [1.807, 2.05) is 0 Å². The van der Waals surface area contributed by atoms with E-state index < -0.39 is 72.8 Å². The third kappa shape index (κ3) is 8.86. The number of aliphatic carboxylic acids is 2. The lowest BCUT2D eigenvalue weighted by atomic mass is 9.98. The summed E-state index contributed by atoms with van der Waals surface area (Å²) in [6.45, 7) is 2.56. The molecule has 0 radical (unpaired) electrons. The Morgan fingerprint density at radius 1 is 1.06 bits per heavy atom. The number of amides is 3. The molecule has 0 fully saturated rings. The van der Waals surface area contributed by atoms with Crippen molar-refractivity contribution in [2.45, 2.75) is 57.3 Å². The van der Waals surface area contributed by atoms with Gasteiger partial charge in [0.05, 0.1) is 25.4 Å². The van der Waals surface area contributed by atoms with Crippen LogP contribution in [0.2, 0.25) is 0 Å². The van der Waals surface area contributed by atoms with Crippen LogP contribution in [0.5, 0.6) is 0 Å². The summed E-state index contributed by atoms with van der Waals surface area (Å²) < 4.78 is 0. The Morgan fingerprint density at radius 2 is 1.67 bits per heavy atom. The fraction of sp³-hybridized carbons (Fsp3) is 0.579. The molecule has 3 amide bonds. The van der Waals surface area contributed by atoms with Crippen LogP contribution in [0.15, 0.2) is 12.5 Å². The van der Waals surface area contributed by atoms with E-state index in [1.54, 1.807) is 13.8 Å². The molecule has 0 saturated heterocycles. The van der Waals surface area contributed by atoms with Gasteiger partial charge in [-0.15, -0.1) is 0 Å². The largest absolute Gasteiger partial charge is 0.481 e. The molecule has 14 heteroatoms. The molecule has 9 N–H and O–H groups in total. The average Bonchev–Trinajstić information content (AvgIpc) is 3.26. The van der Waals surface area contributed by atoms with Gasteiger partial charge in [0, 0.05) is 18.3 Å². The number of carbonyl (C=O) groups excluding carboxylic acids is 3. The van der Waals surface area contributed by atoms with E-state index in [-0.39, 0.29) is 6.42 Å². The summed E-state index contributed by atoms with van der Waals surface area (Å²) in [7, 11) is 0. The smallest absolute Gasteiger partial charge is 0.326 e. The van der Waals surface area contributed by atoms with E-state index in [0.29, 0.717) is 12.1 Å². The summed E-state index contributed by atoms with van der Waals surface area (Å²) in [4.78, 5) is 66.3. The molecule has 1 aromatic rings. The number of carboxylic acid groups (broad SMARTS) is 2. The summed E-state index contributed by atoms with van der Waals surface area (Å²) >= 11 is 0. The second kappa shape index (κ2) is 13.1. The molecule has 184 valence electrons. The Labute approximate surface area is 189 Å². The van der Waals surface area contributed by atoms with Crippen LogP contribution in [-0.4, -0.2) is 85.7 Å². The standard InChI is InChI=1S/C19H30N6O8/c1-3-9(2)15(19(32)33)25-17(30)12(4-10-6-21-8-22-10)23-18(31)13(7-26)24-16(29)11(20)5-14(27)28/h6,8-9,11-13,15,26H,3-5,7,20H2,1-2H3,(H,21,22)(H,23,31)(H,24,29)(H,25,30)(H,27,28)(H,32,33). The van der Waals surface area contributed by atoms with Crippen molar-refractivity contribution in [1.29, 1.82) is 0 Å². The number of aliphatic hydroxyl groups is 1. The number of imidazole rings is 1. The van der Waals surface area contributed by atoms with E-state index in [1.165, 1.54) is 12.5 Å². The molecule has 0 aliphatic carbocycles. The van der Waals surface area contributed by atoms with Gasteiger partial charge in [0.2, 0.25) is 17.7 Å². The Balaban J connectivity index is 2.98. The van der Waals surface area contributed by atoms with Crippen LogP contribution < -0.4 is 21.7 Å². The third-order valence-electron chi connectivity index (χ3n) is 4.94. The predicted molar refractivity (Wildman–Crippen MR) is 112 cm³/mol. The summed E-state index contributed by atoms with van der Waals surface area (Å²) in [5, 5.41) is 34.6. The van der Waals surface area contributed by atoms with Gasteiger partial charge < -0.3 is 42.0 Å². The molecule has 0 aliphatic heterocycles. The summed E-state index contributed by atoms with van der Waals surface area (Å²) in [5.41, 5.74) is 5.91. The molecule has 1 aromatic heterocycles. The fourth-order valence-electron chi connectivity index (χ4n) is 2.79. The molecule has 5 unspecified atom stereocenters. The van der Waals surface area contributed by atoms with Crippen LogP contribution >= 0.6 is 0 Å². The molecule has 1 heterocycles. The maximum Gasteiger partial charge on any atom is 0.326 e. The maximum atomic E-state index is 12.8. The number of carbonyl (C=O) groups is 5. The highest BCUT2D eigenvalue weighted by Gasteiger charge is 2.32. The number of aromatic nitrogens is 2. The van der Waals surface area contributed by atoms with E-state index in [4.69, 9.17) is 10.8 Å². The molecule has 14 nitrogen and oxygen atoms in total. The third-order valence-corrected chi connectivity index (χ3v) is 4.94. The summed E-state index contributed by atoms with van der Waals surface area (Å²) in [6.07, 6.45) is 2.46. The van der Waals surface area contributed by atoms with Crippen molar-refractivity contribution < 1.29 is 39.3 Å². The molecule has 0 saturated carbocycles. The molecule has 0 aliphatic rings. The van der Waals surface area contributed by atoms with E-state index in [9.17, 15) is 34.2 Å². The number of carboxylic acids is 2. The number of nitrogens with one attached hydrogen (secondary N) is 4. The monoisotopic (exact) mass is 470 g/mol. The van der Waals surface area contributed by atoms with Gasteiger partial charge in [-0.1, -0.05) is 20.3 Å². The molecule has 33 heavy (non-hydrogen) atoms. The van der Waals surface area contributed by atoms with Gasteiger partial charge in [-0.2, -0.15) is 0 Å². The highest BCUT2D eigenvalue weighted by Crippen LogP contribution is 2.09. The number of aliphatic hydroxyl groups excluding tert-OH is 1. The van der Waals surface area contributed by atoms with Crippen molar-refractivity contribution in [2.24, 2.45) is 11.7 Å². The number of H-pyrrole nitrogens is 1. The number of hydrogen-bond donors (Lipinski definition) is 8. The minimum atomic E-state index is -1.53. The topological polar surface area (TPSA) is 237 Å². The van der Waals surface area contributed by atoms with Gasteiger partial charge in [-0.3, -0.25) is 19.2 Å². The number of aromatic amines is 1. The van der Waals surface area contributed by atoms with Crippen LogP contribution in [0.1, 0.15) is 32.4 Å². The molecular formula is C19H30N6O8. The van der Waals surface area contributed by atoms with Crippen molar-refractivity contribution in [3.8, 4) is 0 Å². The first-order valence-electron chi connectivity index (χ1n) is 10.2. The van der Waals surface area contributed by atoms with E-state index >= 15 is 0 Å². The highest BCUT2D eigenvalue weighted by atomic mass is 16.4. The number of nitrogens with zero attached hydrogens (tertiary/aromatic N) is 1. The molecule has 0 spiro atoms. The molecule has 0 bridgehead atoms. The maximum absolute atomic E-state index is 12.8. The summed E-state index contributed by atoms with van der Waals surface area (Å²) in [5.74, 6) is -5.69. The quantitative estimate of drug-likeness (QED) is 0.140. The molecular weight excluding hydrogens is 440 g/mol. The van der Waals surface area contributed by atoms with Crippen LogP contribution in [0.3, 0.4) is 0 Å². The van der Waals surface area contributed by atoms with Crippen molar-refractivity contribution in [2.75, 3.05) is 6.61 Å². The first-order valence-corrected chi connectivity index (χ1v) is 10.2. The zero-order chi connectivity index (χ0) is 25.1. The van der Waals surface area contributed by atoms with Crippen LogP contribution in [-0.2, 0) is 30.4 Å². The van der Waals surface area contributed by atoms with Crippen LogP contribution in [0.4, 0.5) is 0 Å². The lowest BCUT2D eigenvalue weighted by molar-refractivity contribution is -0.143. The minimum Gasteiger partial charge on any atom is -0.481 e. The fourth-order valence-corrected chi connectivity index (χ4v) is 2.79. The molecule has 0 aromatic carbocycles. The second-order valence-corrected chi connectivity index (χ2v) is 7.50. The Bertz CT molecular complexity index is 830. The Morgan fingerprint density at radius 3 is 2.15 bits per heavy atom. The highest BCUT2D eigenvalue weighted by molar-refractivity contribution is 5.94. The van der Waals surface area contributed by atoms with Crippen molar-refractivity contribution in [3.05, 3.63) is 18.2 Å². The van der Waals surface area contributed by atoms with Gasteiger partial charge in [0.15, 0.2) is 0 Å². The predicted octanol–water partition coefficient (Wildman–Crippen LogP) is -2.67. The number of nitrogens with two attached hydrogens (primary N) is 1. The Hall–Kier alpha value is -3.52. The number of hydrogen-bond acceptors (Lipinski definition) is 8. The molecule has 5 atom stereocenters. The van der Waals surface area contributed by atoms with Crippen molar-refractivity contribution >= 4 is 29.7 Å². The lowest BCUT2D eigenvalue weighted by Gasteiger charge is -2.25. The van der Waals surface area contributed by atoms with Crippen LogP contribution in [0.25, 0.3) is 0 Å². The van der Waals surface area contributed by atoms with Crippen LogP contribution in [0, 0.1) is 5.92 Å². The average molecular weight is 470 g/mol. The lowest BCUT2D eigenvalue weighted by Crippen LogP contribution is -2.59. The van der Waals surface area contributed by atoms with E-state index in [0.717, 1.165) is 0 Å². The summed E-state index contributed by atoms with van der Waals surface area (Å²) in [6, 6.07) is -5.46. The van der Waals surface area contributed by atoms with Gasteiger partial charge in [-0.25, -0.2) is 9.78 Å². The zero-order valence-electron chi connectivity index (χ0n) is 18.3. The first-order chi connectivity index (χ1) is 15.5. The van der Waals surface area contributed by atoms with Gasteiger partial charge in [0.25, 0.3) is 0 Å². The van der Waals surface area contributed by atoms with Gasteiger partial charge in [-0.05, 0) is 5.92 Å². The molecule has 1 rings (SSSR count). The van der Waals surface area contributed by atoms with Gasteiger partial charge >= 0.3 is 11.9 Å². The van der Waals surface area contributed by atoms with Crippen molar-refractivity contribution in [3.63, 3.8) is 0 Å². The Kier molecular flexibility index (Phi) is 10.9. The normalized spacial score (nSPS) is 15.4. The minimum absolute atomic E-state index is 0.0883. The number of rotatable bonds is 14. The van der Waals surface area contributed by atoms with Crippen molar-refractivity contribution in [1.82, 2.24) is 25.9 Å². The second-order valence-electron chi connectivity index (χ2n) is 7.50. The zero-order valence-corrected chi connectivity index (χ0v) is 18.3. The van der Waals surface area contributed by atoms with E-state index in [2.05, 4.69) is 25.9 Å². The SMILES string of the molecule is CCC(C)C(NC(=O)C(Cc1cnc[nH]1)NC(=O)C(CO)NC(=O)C(N)CC(=O)O)C(=O)O. The first kappa shape index (κ1) is 27.5. The van der Waals surface area contributed by atoms with Gasteiger partial charge in [0.1, 0.15) is 18.1 Å².